The second-order valence-corrected chi connectivity index (χ2v) is 4.73. The lowest BCUT2D eigenvalue weighted by Gasteiger charge is -2.40. The fourth-order valence-corrected chi connectivity index (χ4v) is 2.38. The van der Waals surface area contributed by atoms with Gasteiger partial charge in [0.25, 0.3) is 0 Å². The SMILES string of the molecule is CC(c1ccc(C(=O)O)o1)N(CCO)C1CCC1. The van der Waals surface area contributed by atoms with Gasteiger partial charge in [-0.3, -0.25) is 4.90 Å². The number of rotatable bonds is 6. The molecular formula is C13H19NO4. The van der Waals surface area contributed by atoms with Gasteiger partial charge in [-0.2, -0.15) is 0 Å². The van der Waals surface area contributed by atoms with Gasteiger partial charge in [-0.05, 0) is 31.9 Å². The zero-order chi connectivity index (χ0) is 13.1. The number of hydrogen-bond donors (Lipinski definition) is 2. The molecule has 5 nitrogen and oxygen atoms in total. The average Bonchev–Trinajstić information content (AvgIpc) is 2.74. The van der Waals surface area contributed by atoms with Crippen LogP contribution in [-0.4, -0.2) is 40.3 Å². The average molecular weight is 253 g/mol. The molecule has 1 unspecified atom stereocenters. The molecule has 1 aliphatic carbocycles. The molecule has 0 spiro atoms. The molecule has 0 radical (unpaired) electrons. The maximum atomic E-state index is 10.8. The van der Waals surface area contributed by atoms with Crippen LogP contribution in [0.3, 0.4) is 0 Å². The first kappa shape index (κ1) is 13.1. The third-order valence-electron chi connectivity index (χ3n) is 3.65. The number of hydrogen-bond acceptors (Lipinski definition) is 4. The van der Waals surface area contributed by atoms with Crippen molar-refractivity contribution >= 4 is 5.97 Å². The topological polar surface area (TPSA) is 73.9 Å². The Kier molecular flexibility index (Phi) is 4.04. The van der Waals surface area contributed by atoms with E-state index < -0.39 is 5.97 Å². The van der Waals surface area contributed by atoms with E-state index in [9.17, 15) is 4.79 Å². The molecule has 1 fully saturated rings. The molecule has 1 aliphatic rings. The smallest absolute Gasteiger partial charge is 0.371 e. The third kappa shape index (κ3) is 2.57. The van der Waals surface area contributed by atoms with Gasteiger partial charge in [-0.15, -0.1) is 0 Å². The second-order valence-electron chi connectivity index (χ2n) is 4.73. The molecule has 1 aromatic rings. The Morgan fingerprint density at radius 1 is 1.56 bits per heavy atom. The van der Waals surface area contributed by atoms with Crippen molar-refractivity contribution in [1.29, 1.82) is 0 Å². The van der Waals surface area contributed by atoms with Gasteiger partial charge in [-0.25, -0.2) is 4.79 Å². The summed E-state index contributed by atoms with van der Waals surface area (Å²) in [5.41, 5.74) is 0. The van der Waals surface area contributed by atoms with E-state index in [0.717, 1.165) is 12.8 Å². The summed E-state index contributed by atoms with van der Waals surface area (Å²) in [6.45, 7) is 2.68. The predicted molar refractivity (Wildman–Crippen MR) is 65.5 cm³/mol. The minimum absolute atomic E-state index is 0.00412. The first-order valence-electron chi connectivity index (χ1n) is 6.33. The summed E-state index contributed by atoms with van der Waals surface area (Å²) in [6, 6.07) is 3.66. The molecule has 1 aromatic heterocycles. The van der Waals surface area contributed by atoms with E-state index in [0.29, 0.717) is 18.3 Å². The monoisotopic (exact) mass is 253 g/mol. The molecule has 0 aliphatic heterocycles. The van der Waals surface area contributed by atoms with Gasteiger partial charge in [0.1, 0.15) is 5.76 Å². The van der Waals surface area contributed by atoms with E-state index in [1.165, 1.54) is 12.5 Å². The molecule has 2 rings (SSSR count). The molecule has 0 bridgehead atoms. The lowest BCUT2D eigenvalue weighted by Crippen LogP contribution is -2.43. The predicted octanol–water partition coefficient (Wildman–Crippen LogP) is 1.89. The van der Waals surface area contributed by atoms with E-state index in [1.807, 2.05) is 6.92 Å². The summed E-state index contributed by atoms with van der Waals surface area (Å²) >= 11 is 0. The van der Waals surface area contributed by atoms with Gasteiger partial charge in [-0.1, -0.05) is 6.42 Å². The minimum atomic E-state index is -1.05. The summed E-state index contributed by atoms with van der Waals surface area (Å²) in [4.78, 5) is 13.0. The molecule has 1 heterocycles. The highest BCUT2D eigenvalue weighted by Crippen LogP contribution is 2.32. The Balaban J connectivity index is 2.10. The third-order valence-corrected chi connectivity index (χ3v) is 3.65. The van der Waals surface area contributed by atoms with Crippen LogP contribution in [0.5, 0.6) is 0 Å². The van der Waals surface area contributed by atoms with Crippen LogP contribution in [0.4, 0.5) is 0 Å². The normalized spacial score (nSPS) is 17.7. The number of carbonyl (C=O) groups is 1. The number of carboxylic acid groups (broad SMARTS) is 1. The maximum absolute atomic E-state index is 10.8. The van der Waals surface area contributed by atoms with Crippen LogP contribution in [0.15, 0.2) is 16.5 Å². The first-order valence-corrected chi connectivity index (χ1v) is 6.33. The van der Waals surface area contributed by atoms with E-state index in [4.69, 9.17) is 14.6 Å². The van der Waals surface area contributed by atoms with E-state index in [1.54, 1.807) is 6.07 Å². The van der Waals surface area contributed by atoms with Gasteiger partial charge in [0.2, 0.25) is 5.76 Å². The Labute approximate surface area is 106 Å². The van der Waals surface area contributed by atoms with Gasteiger partial charge in [0.05, 0.1) is 12.6 Å². The lowest BCUT2D eigenvalue weighted by atomic mass is 9.90. The van der Waals surface area contributed by atoms with Crippen LogP contribution in [0.1, 0.15) is 48.5 Å². The molecule has 1 saturated carbocycles. The van der Waals surface area contributed by atoms with Crippen molar-refractivity contribution in [1.82, 2.24) is 4.90 Å². The first-order chi connectivity index (χ1) is 8.63. The minimum Gasteiger partial charge on any atom is -0.475 e. The fraction of sp³-hybridized carbons (Fsp3) is 0.615. The number of carboxylic acids is 1. The molecule has 0 aromatic carbocycles. The standard InChI is InChI=1S/C13H19NO4/c1-9(11-5-6-12(18-11)13(16)17)14(7-8-15)10-3-2-4-10/h5-6,9-10,15H,2-4,7-8H2,1H3,(H,16,17). The molecule has 2 N–H and O–H groups in total. The van der Waals surface area contributed by atoms with Crippen molar-refractivity contribution < 1.29 is 19.4 Å². The number of furan rings is 1. The van der Waals surface area contributed by atoms with Crippen molar-refractivity contribution in [2.45, 2.75) is 38.3 Å². The molecule has 1 atom stereocenters. The van der Waals surface area contributed by atoms with E-state index in [2.05, 4.69) is 4.90 Å². The van der Waals surface area contributed by atoms with Gasteiger partial charge in [0.15, 0.2) is 0 Å². The van der Waals surface area contributed by atoms with Crippen molar-refractivity contribution in [3.8, 4) is 0 Å². The number of aliphatic hydroxyl groups is 1. The van der Waals surface area contributed by atoms with Crippen molar-refractivity contribution in [3.05, 3.63) is 23.7 Å². The summed E-state index contributed by atoms with van der Waals surface area (Å²) in [5, 5.41) is 18.0. The Hall–Kier alpha value is -1.33. The van der Waals surface area contributed by atoms with Crippen LogP contribution < -0.4 is 0 Å². The summed E-state index contributed by atoms with van der Waals surface area (Å²) in [6.07, 6.45) is 3.49. The summed E-state index contributed by atoms with van der Waals surface area (Å²) in [7, 11) is 0. The molecular weight excluding hydrogens is 234 g/mol. The number of aromatic carboxylic acids is 1. The Morgan fingerprint density at radius 3 is 2.72 bits per heavy atom. The molecule has 5 heteroatoms. The molecule has 0 saturated heterocycles. The number of nitrogens with zero attached hydrogens (tertiary/aromatic N) is 1. The van der Waals surface area contributed by atoms with E-state index in [-0.39, 0.29) is 18.4 Å². The van der Waals surface area contributed by atoms with E-state index >= 15 is 0 Å². The molecule has 100 valence electrons. The zero-order valence-electron chi connectivity index (χ0n) is 10.5. The second kappa shape index (κ2) is 5.54. The van der Waals surface area contributed by atoms with Crippen LogP contribution in [0, 0.1) is 0 Å². The molecule has 0 amide bonds. The number of aliphatic hydroxyl groups excluding tert-OH is 1. The van der Waals surface area contributed by atoms with Crippen LogP contribution in [0.2, 0.25) is 0 Å². The van der Waals surface area contributed by atoms with Gasteiger partial charge in [0, 0.05) is 12.6 Å². The van der Waals surface area contributed by atoms with Crippen molar-refractivity contribution in [2.24, 2.45) is 0 Å². The highest BCUT2D eigenvalue weighted by Gasteiger charge is 2.30. The van der Waals surface area contributed by atoms with Crippen molar-refractivity contribution in [3.63, 3.8) is 0 Å². The van der Waals surface area contributed by atoms with Crippen LogP contribution >= 0.6 is 0 Å². The summed E-state index contributed by atoms with van der Waals surface area (Å²) in [5.74, 6) is -0.437. The highest BCUT2D eigenvalue weighted by molar-refractivity contribution is 5.84. The Bertz CT molecular complexity index is 411. The van der Waals surface area contributed by atoms with Gasteiger partial charge < -0.3 is 14.6 Å². The zero-order valence-corrected chi connectivity index (χ0v) is 10.5. The van der Waals surface area contributed by atoms with Crippen molar-refractivity contribution in [2.75, 3.05) is 13.2 Å². The lowest BCUT2D eigenvalue weighted by molar-refractivity contribution is 0.0541. The largest absolute Gasteiger partial charge is 0.475 e. The highest BCUT2D eigenvalue weighted by atomic mass is 16.4. The molecule has 18 heavy (non-hydrogen) atoms. The fourth-order valence-electron chi connectivity index (χ4n) is 2.38. The Morgan fingerprint density at radius 2 is 2.28 bits per heavy atom. The van der Waals surface area contributed by atoms with Gasteiger partial charge >= 0.3 is 5.97 Å². The van der Waals surface area contributed by atoms with Crippen LogP contribution in [-0.2, 0) is 0 Å². The summed E-state index contributed by atoms with van der Waals surface area (Å²) < 4.78 is 5.33. The quantitative estimate of drug-likeness (QED) is 0.809. The van der Waals surface area contributed by atoms with Crippen LogP contribution in [0.25, 0.3) is 0 Å². The maximum Gasteiger partial charge on any atom is 0.371 e.